The van der Waals surface area contributed by atoms with E-state index in [0.717, 1.165) is 51.4 Å². The molecule has 10 heteroatoms. The van der Waals surface area contributed by atoms with Crippen molar-refractivity contribution in [2.24, 2.45) is 5.92 Å². The van der Waals surface area contributed by atoms with Gasteiger partial charge >= 0.3 is 5.97 Å². The molecule has 0 fully saturated rings. The molecule has 0 aliphatic carbocycles. The summed E-state index contributed by atoms with van der Waals surface area (Å²) in [5.74, 6) is -1.16. The van der Waals surface area contributed by atoms with Gasteiger partial charge in [-0.15, -0.1) is 0 Å². The summed E-state index contributed by atoms with van der Waals surface area (Å²) in [4.78, 5) is 69.8. The normalized spacial score (nSPS) is 11.7. The van der Waals surface area contributed by atoms with Gasteiger partial charge in [0.2, 0.25) is 5.91 Å². The standard InChI is InChI=1S/C43H77NO9/c1-37(45)27-28-39(38(2)46)36-41(48)29-30-42(49)44-31-23-35-53-34-22-21-33-52-32-20-19-25-40(47)24-17-15-13-11-9-7-5-3-4-6-8-10-12-14-16-18-26-43(50)51/h39H,3-36H2,1-2H3,(H,44,49)(H,50,51)/t39-/m1/s1. The van der Waals surface area contributed by atoms with Crippen molar-refractivity contribution in [1.29, 1.82) is 0 Å². The molecule has 0 unspecified atom stereocenters. The van der Waals surface area contributed by atoms with E-state index in [4.69, 9.17) is 14.6 Å². The number of aliphatic carboxylic acids is 1. The summed E-state index contributed by atoms with van der Waals surface area (Å²) < 4.78 is 11.3. The third-order valence-corrected chi connectivity index (χ3v) is 9.73. The van der Waals surface area contributed by atoms with Crippen LogP contribution in [0.2, 0.25) is 0 Å². The van der Waals surface area contributed by atoms with Gasteiger partial charge in [0, 0.05) is 83.8 Å². The van der Waals surface area contributed by atoms with Crippen LogP contribution in [0.1, 0.15) is 200 Å². The molecule has 0 heterocycles. The second-order valence-electron chi connectivity index (χ2n) is 15.0. The van der Waals surface area contributed by atoms with Gasteiger partial charge in [0.25, 0.3) is 0 Å². The first-order chi connectivity index (χ1) is 25.6. The molecule has 0 saturated carbocycles. The van der Waals surface area contributed by atoms with E-state index in [1.807, 2.05) is 0 Å². The lowest BCUT2D eigenvalue weighted by Gasteiger charge is -2.12. The lowest BCUT2D eigenvalue weighted by Crippen LogP contribution is -2.26. The number of Topliss-reactive ketones (excluding diaryl/α,β-unsaturated/α-hetero) is 4. The summed E-state index contributed by atoms with van der Waals surface area (Å²) in [7, 11) is 0. The molecule has 0 rings (SSSR count). The van der Waals surface area contributed by atoms with Crippen LogP contribution in [0, 0.1) is 5.92 Å². The van der Waals surface area contributed by atoms with Crippen LogP contribution < -0.4 is 5.32 Å². The number of carbonyl (C=O) groups excluding carboxylic acids is 5. The van der Waals surface area contributed by atoms with Gasteiger partial charge in [-0.3, -0.25) is 24.0 Å². The molecule has 0 radical (unpaired) electrons. The Morgan fingerprint density at radius 1 is 0.472 bits per heavy atom. The molecule has 10 nitrogen and oxygen atoms in total. The van der Waals surface area contributed by atoms with Gasteiger partial charge in [0.1, 0.15) is 23.1 Å². The third kappa shape index (κ3) is 39.1. The minimum Gasteiger partial charge on any atom is -0.481 e. The van der Waals surface area contributed by atoms with Gasteiger partial charge in [-0.05, 0) is 65.2 Å². The lowest BCUT2D eigenvalue weighted by atomic mass is 9.91. The molecule has 2 N–H and O–H groups in total. The Bertz CT molecular complexity index is 967. The molecular weight excluding hydrogens is 674 g/mol. The van der Waals surface area contributed by atoms with Crippen LogP contribution in [-0.2, 0) is 38.2 Å². The first kappa shape index (κ1) is 50.5. The fourth-order valence-electron chi connectivity index (χ4n) is 6.28. The smallest absolute Gasteiger partial charge is 0.303 e. The average Bonchev–Trinajstić information content (AvgIpc) is 3.11. The predicted octanol–water partition coefficient (Wildman–Crippen LogP) is 9.47. The maximum Gasteiger partial charge on any atom is 0.303 e. The summed E-state index contributed by atoms with van der Waals surface area (Å²) in [5, 5.41) is 11.4. The van der Waals surface area contributed by atoms with Crippen LogP contribution in [0.15, 0.2) is 0 Å². The van der Waals surface area contributed by atoms with Crippen molar-refractivity contribution in [1.82, 2.24) is 5.32 Å². The molecule has 0 spiro atoms. The fraction of sp³-hybridized carbons (Fsp3) is 0.860. The van der Waals surface area contributed by atoms with Crippen LogP contribution in [0.25, 0.3) is 0 Å². The molecular formula is C43H77NO9. The van der Waals surface area contributed by atoms with Gasteiger partial charge < -0.3 is 24.7 Å². The number of carboxylic acids is 1. The van der Waals surface area contributed by atoms with Crippen molar-refractivity contribution < 1.29 is 43.3 Å². The van der Waals surface area contributed by atoms with Gasteiger partial charge in [-0.2, -0.15) is 0 Å². The molecule has 0 aliphatic rings. The highest BCUT2D eigenvalue weighted by Crippen LogP contribution is 2.16. The van der Waals surface area contributed by atoms with E-state index in [-0.39, 0.29) is 48.9 Å². The Balaban J connectivity index is 3.38. The van der Waals surface area contributed by atoms with E-state index in [1.54, 1.807) is 0 Å². The Kier molecular flexibility index (Phi) is 36.1. The van der Waals surface area contributed by atoms with E-state index in [0.29, 0.717) is 70.9 Å². The molecule has 0 aromatic carbocycles. The topological polar surface area (TPSA) is 153 Å². The van der Waals surface area contributed by atoms with Crippen molar-refractivity contribution >= 4 is 35.0 Å². The van der Waals surface area contributed by atoms with E-state index in [1.165, 1.54) is 90.9 Å². The fourth-order valence-corrected chi connectivity index (χ4v) is 6.28. The second kappa shape index (κ2) is 37.8. The lowest BCUT2D eigenvalue weighted by molar-refractivity contribution is -0.137. The zero-order valence-electron chi connectivity index (χ0n) is 33.8. The highest BCUT2D eigenvalue weighted by molar-refractivity contribution is 5.89. The Morgan fingerprint density at radius 3 is 1.34 bits per heavy atom. The highest BCUT2D eigenvalue weighted by Gasteiger charge is 2.19. The third-order valence-electron chi connectivity index (χ3n) is 9.73. The average molecular weight is 752 g/mol. The first-order valence-corrected chi connectivity index (χ1v) is 21.3. The first-order valence-electron chi connectivity index (χ1n) is 21.3. The Labute approximate surface area is 322 Å². The van der Waals surface area contributed by atoms with Crippen molar-refractivity contribution in [2.75, 3.05) is 33.0 Å². The number of carbonyl (C=O) groups is 6. The van der Waals surface area contributed by atoms with Crippen molar-refractivity contribution in [3.05, 3.63) is 0 Å². The summed E-state index contributed by atoms with van der Waals surface area (Å²) in [6.07, 6.45) is 26.5. The van der Waals surface area contributed by atoms with Gasteiger partial charge in [-0.25, -0.2) is 0 Å². The van der Waals surface area contributed by atoms with E-state index < -0.39 is 11.9 Å². The monoisotopic (exact) mass is 752 g/mol. The van der Waals surface area contributed by atoms with Crippen LogP contribution in [0.3, 0.4) is 0 Å². The van der Waals surface area contributed by atoms with Crippen LogP contribution >= 0.6 is 0 Å². The molecule has 0 bridgehead atoms. The quantitative estimate of drug-likeness (QED) is 0.0581. The van der Waals surface area contributed by atoms with Gasteiger partial charge in [-0.1, -0.05) is 89.9 Å². The number of carboxylic acid groups (broad SMARTS) is 1. The summed E-state index contributed by atoms with van der Waals surface area (Å²) in [6.45, 7) is 5.96. The number of nitrogens with one attached hydrogen (secondary N) is 1. The van der Waals surface area contributed by atoms with Crippen LogP contribution in [0.4, 0.5) is 0 Å². The minimum absolute atomic E-state index is 0.00185. The Hall–Kier alpha value is -2.46. The van der Waals surface area contributed by atoms with E-state index in [2.05, 4.69) is 5.32 Å². The molecule has 1 amide bonds. The van der Waals surface area contributed by atoms with Crippen molar-refractivity contribution in [2.45, 2.75) is 200 Å². The molecule has 1 atom stereocenters. The number of amides is 1. The van der Waals surface area contributed by atoms with Crippen molar-refractivity contribution in [3.63, 3.8) is 0 Å². The predicted molar refractivity (Wildman–Crippen MR) is 211 cm³/mol. The number of ketones is 4. The maximum atomic E-state index is 12.2. The minimum atomic E-state index is -0.679. The highest BCUT2D eigenvalue weighted by atomic mass is 16.5. The van der Waals surface area contributed by atoms with E-state index in [9.17, 15) is 28.8 Å². The van der Waals surface area contributed by atoms with Crippen LogP contribution in [-0.4, -0.2) is 73.1 Å². The maximum absolute atomic E-state index is 12.2. The number of unbranched alkanes of at least 4 members (excludes halogenated alkanes) is 17. The number of rotatable bonds is 42. The SMILES string of the molecule is CC(=O)CC[C@H](CC(=O)CCC(=O)NCCCOCCCCOCCCCC(=O)CCCCCCCCCCCCCCCCCCC(=O)O)C(C)=O. The van der Waals surface area contributed by atoms with E-state index >= 15 is 0 Å². The van der Waals surface area contributed by atoms with Gasteiger partial charge in [0.15, 0.2) is 0 Å². The summed E-state index contributed by atoms with van der Waals surface area (Å²) in [6, 6.07) is 0. The zero-order valence-corrected chi connectivity index (χ0v) is 33.8. The molecule has 0 aliphatic heterocycles. The number of ether oxygens (including phenoxy) is 2. The summed E-state index contributed by atoms with van der Waals surface area (Å²) in [5.41, 5.74) is 0. The Morgan fingerprint density at radius 2 is 0.887 bits per heavy atom. The second-order valence-corrected chi connectivity index (χ2v) is 15.0. The molecule has 0 saturated heterocycles. The number of hydrogen-bond donors (Lipinski definition) is 2. The number of hydrogen-bond acceptors (Lipinski definition) is 8. The molecule has 0 aromatic heterocycles. The van der Waals surface area contributed by atoms with Gasteiger partial charge in [0.05, 0.1) is 0 Å². The van der Waals surface area contributed by atoms with Crippen molar-refractivity contribution in [3.8, 4) is 0 Å². The molecule has 0 aromatic rings. The summed E-state index contributed by atoms with van der Waals surface area (Å²) >= 11 is 0. The molecule has 308 valence electrons. The zero-order chi connectivity index (χ0) is 39.2. The van der Waals surface area contributed by atoms with Crippen LogP contribution in [0.5, 0.6) is 0 Å². The molecule has 53 heavy (non-hydrogen) atoms. The largest absolute Gasteiger partial charge is 0.481 e.